The monoisotopic (exact) mass is 314 g/mol. The van der Waals surface area contributed by atoms with Crippen LogP contribution in [0.2, 0.25) is 0 Å². The summed E-state index contributed by atoms with van der Waals surface area (Å²) in [5.41, 5.74) is 6.91. The molecule has 4 nitrogen and oxygen atoms in total. The molecule has 0 unspecified atom stereocenters. The van der Waals surface area contributed by atoms with Gasteiger partial charge in [0.2, 0.25) is 0 Å². The fraction of sp³-hybridized carbons (Fsp3) is 0.278. The maximum Gasteiger partial charge on any atom is 0.252 e. The maximum absolute atomic E-state index is 13.6. The molecule has 0 aromatic heterocycles. The molecule has 3 rings (SSSR count). The van der Waals surface area contributed by atoms with E-state index in [1.165, 1.54) is 12.1 Å². The summed E-state index contributed by atoms with van der Waals surface area (Å²) in [6, 6.07) is 13.2. The molecule has 0 saturated carbocycles. The fourth-order valence-electron chi connectivity index (χ4n) is 2.96. The Morgan fingerprint density at radius 3 is 2.57 bits per heavy atom. The lowest BCUT2D eigenvalue weighted by Gasteiger charge is -2.38. The molecule has 2 aromatic rings. The minimum absolute atomic E-state index is 0.219. The number of nitrogens with two attached hydrogens (primary N) is 1. The number of anilines is 1. The maximum atomic E-state index is 13.6. The molecule has 1 fully saturated rings. The zero-order valence-corrected chi connectivity index (χ0v) is 12.7. The van der Waals surface area contributed by atoms with E-state index >= 15 is 0 Å². The molecule has 1 aliphatic heterocycles. The number of ether oxygens (including phenoxy) is 1. The van der Waals surface area contributed by atoms with Crippen molar-refractivity contribution in [2.45, 2.75) is 18.4 Å². The van der Waals surface area contributed by atoms with E-state index in [0.717, 1.165) is 5.56 Å². The predicted octanol–water partition coefficient (Wildman–Crippen LogP) is 2.84. The SMILES string of the molecule is Nc1cccc(C(=O)NC2(c3cccc(F)c3)CCOCC2)c1. The first-order valence-electron chi connectivity index (χ1n) is 7.61. The van der Waals surface area contributed by atoms with Gasteiger partial charge < -0.3 is 15.8 Å². The number of halogens is 1. The number of rotatable bonds is 3. The Labute approximate surface area is 134 Å². The van der Waals surface area contributed by atoms with E-state index in [0.29, 0.717) is 37.3 Å². The van der Waals surface area contributed by atoms with E-state index in [1.54, 1.807) is 30.3 Å². The molecular formula is C18H19FN2O2. The van der Waals surface area contributed by atoms with Gasteiger partial charge in [0.05, 0.1) is 5.54 Å². The predicted molar refractivity (Wildman–Crippen MR) is 86.5 cm³/mol. The van der Waals surface area contributed by atoms with Crippen molar-refractivity contribution in [2.75, 3.05) is 18.9 Å². The third-order valence-electron chi connectivity index (χ3n) is 4.23. The number of carbonyl (C=O) groups is 1. The summed E-state index contributed by atoms with van der Waals surface area (Å²) in [5.74, 6) is -0.532. The van der Waals surface area contributed by atoms with Gasteiger partial charge in [-0.25, -0.2) is 4.39 Å². The first kappa shape index (κ1) is 15.5. The van der Waals surface area contributed by atoms with Crippen molar-refractivity contribution in [1.29, 1.82) is 0 Å². The van der Waals surface area contributed by atoms with Crippen LogP contribution in [0.5, 0.6) is 0 Å². The van der Waals surface area contributed by atoms with Crippen LogP contribution in [0.4, 0.5) is 10.1 Å². The second-order valence-electron chi connectivity index (χ2n) is 5.78. The van der Waals surface area contributed by atoms with Crippen LogP contribution in [-0.4, -0.2) is 19.1 Å². The highest BCUT2D eigenvalue weighted by atomic mass is 19.1. The highest BCUT2D eigenvalue weighted by Gasteiger charge is 2.36. The lowest BCUT2D eigenvalue weighted by atomic mass is 9.82. The highest BCUT2D eigenvalue weighted by Crippen LogP contribution is 2.33. The molecule has 1 aliphatic rings. The van der Waals surface area contributed by atoms with Gasteiger partial charge in [-0.05, 0) is 48.7 Å². The van der Waals surface area contributed by atoms with Crippen molar-refractivity contribution in [3.05, 3.63) is 65.5 Å². The molecule has 120 valence electrons. The Bertz CT molecular complexity index is 712. The van der Waals surface area contributed by atoms with Crippen molar-refractivity contribution < 1.29 is 13.9 Å². The van der Waals surface area contributed by atoms with Gasteiger partial charge >= 0.3 is 0 Å². The van der Waals surface area contributed by atoms with Gasteiger partial charge in [0.15, 0.2) is 0 Å². The molecule has 2 aromatic carbocycles. The number of nitrogens with one attached hydrogen (secondary N) is 1. The molecule has 5 heteroatoms. The van der Waals surface area contributed by atoms with Gasteiger partial charge in [0.25, 0.3) is 5.91 Å². The van der Waals surface area contributed by atoms with Crippen molar-refractivity contribution >= 4 is 11.6 Å². The van der Waals surface area contributed by atoms with Crippen LogP contribution in [0, 0.1) is 5.82 Å². The lowest BCUT2D eigenvalue weighted by Crippen LogP contribution is -2.49. The number of amides is 1. The molecule has 3 N–H and O–H groups in total. The number of nitrogen functional groups attached to an aromatic ring is 1. The van der Waals surface area contributed by atoms with Crippen molar-refractivity contribution in [2.24, 2.45) is 0 Å². The van der Waals surface area contributed by atoms with Crippen molar-refractivity contribution in [1.82, 2.24) is 5.32 Å². The summed E-state index contributed by atoms with van der Waals surface area (Å²) in [6.45, 7) is 1.04. The first-order valence-corrected chi connectivity index (χ1v) is 7.61. The first-order chi connectivity index (χ1) is 11.1. The van der Waals surface area contributed by atoms with Gasteiger partial charge in [-0.3, -0.25) is 4.79 Å². The molecule has 1 saturated heterocycles. The second-order valence-corrected chi connectivity index (χ2v) is 5.78. The molecule has 23 heavy (non-hydrogen) atoms. The standard InChI is InChI=1S/C18H19FN2O2/c19-15-5-2-4-14(12-15)18(7-9-23-10-8-18)21-17(22)13-3-1-6-16(20)11-13/h1-6,11-12H,7-10,20H2,(H,21,22). The summed E-state index contributed by atoms with van der Waals surface area (Å²) in [4.78, 5) is 12.6. The van der Waals surface area contributed by atoms with Crippen LogP contribution in [0.1, 0.15) is 28.8 Å². The van der Waals surface area contributed by atoms with Crippen molar-refractivity contribution in [3.8, 4) is 0 Å². The van der Waals surface area contributed by atoms with E-state index in [-0.39, 0.29) is 11.7 Å². The molecular weight excluding hydrogens is 295 g/mol. The van der Waals surface area contributed by atoms with E-state index in [1.807, 2.05) is 6.07 Å². The quantitative estimate of drug-likeness (QED) is 0.856. The molecule has 1 heterocycles. The highest BCUT2D eigenvalue weighted by molar-refractivity contribution is 5.95. The zero-order valence-electron chi connectivity index (χ0n) is 12.7. The average Bonchev–Trinajstić information content (AvgIpc) is 2.56. The van der Waals surface area contributed by atoms with Crippen LogP contribution >= 0.6 is 0 Å². The fourth-order valence-corrected chi connectivity index (χ4v) is 2.96. The molecule has 0 atom stereocenters. The van der Waals surface area contributed by atoms with Gasteiger partial charge in [0.1, 0.15) is 5.82 Å². The van der Waals surface area contributed by atoms with Gasteiger partial charge in [-0.15, -0.1) is 0 Å². The zero-order chi connectivity index (χ0) is 16.3. The molecule has 0 aliphatic carbocycles. The Morgan fingerprint density at radius 1 is 1.13 bits per heavy atom. The van der Waals surface area contributed by atoms with E-state index < -0.39 is 5.54 Å². The lowest BCUT2D eigenvalue weighted by molar-refractivity contribution is 0.0344. The summed E-state index contributed by atoms with van der Waals surface area (Å²) in [7, 11) is 0. The van der Waals surface area contributed by atoms with Crippen LogP contribution in [-0.2, 0) is 10.3 Å². The Balaban J connectivity index is 1.92. The third kappa shape index (κ3) is 3.35. The Hall–Kier alpha value is -2.40. The smallest absolute Gasteiger partial charge is 0.252 e. The molecule has 0 bridgehead atoms. The number of hydrogen-bond donors (Lipinski definition) is 2. The largest absolute Gasteiger partial charge is 0.399 e. The Kier molecular flexibility index (Phi) is 4.30. The minimum atomic E-state index is -0.623. The summed E-state index contributed by atoms with van der Waals surface area (Å²) >= 11 is 0. The number of hydrogen-bond acceptors (Lipinski definition) is 3. The molecule has 0 spiro atoms. The van der Waals surface area contributed by atoms with Gasteiger partial charge in [-0.1, -0.05) is 18.2 Å². The summed E-state index contributed by atoms with van der Waals surface area (Å²) < 4.78 is 19.1. The van der Waals surface area contributed by atoms with Gasteiger partial charge in [0, 0.05) is 24.5 Å². The van der Waals surface area contributed by atoms with Crippen molar-refractivity contribution in [3.63, 3.8) is 0 Å². The Morgan fingerprint density at radius 2 is 1.87 bits per heavy atom. The van der Waals surface area contributed by atoms with Crippen LogP contribution in [0.15, 0.2) is 48.5 Å². The molecule has 1 amide bonds. The minimum Gasteiger partial charge on any atom is -0.399 e. The van der Waals surface area contributed by atoms with E-state index in [9.17, 15) is 9.18 Å². The molecule has 0 radical (unpaired) electrons. The van der Waals surface area contributed by atoms with Gasteiger partial charge in [-0.2, -0.15) is 0 Å². The summed E-state index contributed by atoms with van der Waals surface area (Å²) in [5, 5.41) is 3.08. The van der Waals surface area contributed by atoms with E-state index in [2.05, 4.69) is 5.32 Å². The van der Waals surface area contributed by atoms with E-state index in [4.69, 9.17) is 10.5 Å². The van der Waals surface area contributed by atoms with Crippen LogP contribution in [0.3, 0.4) is 0 Å². The normalized spacial score (nSPS) is 16.7. The van der Waals surface area contributed by atoms with Crippen LogP contribution < -0.4 is 11.1 Å². The average molecular weight is 314 g/mol. The number of benzene rings is 2. The summed E-state index contributed by atoms with van der Waals surface area (Å²) in [6.07, 6.45) is 1.20. The second kappa shape index (κ2) is 6.38. The van der Waals surface area contributed by atoms with Crippen LogP contribution in [0.25, 0.3) is 0 Å². The topological polar surface area (TPSA) is 64.4 Å². The number of carbonyl (C=O) groups excluding carboxylic acids is 1. The third-order valence-corrected chi connectivity index (χ3v) is 4.23.